The summed E-state index contributed by atoms with van der Waals surface area (Å²) in [5, 5.41) is 3.58. The number of benzene rings is 2. The molecule has 0 radical (unpaired) electrons. The number of nitrogens with one attached hydrogen (secondary N) is 2. The maximum absolute atomic E-state index is 14.4. The van der Waals surface area contributed by atoms with Gasteiger partial charge >= 0.3 is 0 Å². The van der Waals surface area contributed by atoms with Crippen LogP contribution in [0.2, 0.25) is 0 Å². The van der Waals surface area contributed by atoms with Crippen molar-refractivity contribution in [3.05, 3.63) is 53.5 Å². The van der Waals surface area contributed by atoms with Crippen LogP contribution in [0.3, 0.4) is 0 Å². The van der Waals surface area contributed by atoms with Gasteiger partial charge < -0.3 is 19.8 Å². The first-order valence-corrected chi connectivity index (χ1v) is 9.01. The van der Waals surface area contributed by atoms with Crippen LogP contribution in [-0.2, 0) is 16.6 Å². The molecular formula is C21H19FN2O3. The zero-order chi connectivity index (χ0) is 18.6. The SMILES string of the molecule is CC1(c2cc3cc(NC(=O)Cc4ccc5c(c4)OCO5)c(F)cc3[nH]2)CC1. The van der Waals surface area contributed by atoms with Crippen molar-refractivity contribution in [1.82, 2.24) is 4.98 Å². The molecule has 2 aromatic carbocycles. The summed E-state index contributed by atoms with van der Waals surface area (Å²) >= 11 is 0. The van der Waals surface area contributed by atoms with Crippen molar-refractivity contribution in [2.45, 2.75) is 31.6 Å². The van der Waals surface area contributed by atoms with Crippen molar-refractivity contribution in [2.24, 2.45) is 0 Å². The Morgan fingerprint density at radius 1 is 1.19 bits per heavy atom. The van der Waals surface area contributed by atoms with Crippen LogP contribution in [0, 0.1) is 5.82 Å². The number of hydrogen-bond donors (Lipinski definition) is 2. The number of ether oxygens (including phenoxy) is 2. The predicted molar refractivity (Wildman–Crippen MR) is 99.7 cm³/mol. The van der Waals surface area contributed by atoms with Gasteiger partial charge in [0.05, 0.1) is 12.1 Å². The third-order valence-corrected chi connectivity index (χ3v) is 5.43. The normalized spacial score (nSPS) is 16.5. The molecule has 0 spiro atoms. The van der Waals surface area contributed by atoms with Gasteiger partial charge in [0.1, 0.15) is 5.82 Å². The number of carbonyl (C=O) groups is 1. The second-order valence-corrected chi connectivity index (χ2v) is 7.58. The fourth-order valence-corrected chi connectivity index (χ4v) is 3.46. The van der Waals surface area contributed by atoms with Gasteiger partial charge in [-0.3, -0.25) is 4.79 Å². The van der Waals surface area contributed by atoms with Crippen LogP contribution in [-0.4, -0.2) is 17.7 Å². The highest BCUT2D eigenvalue weighted by Gasteiger charge is 2.40. The quantitative estimate of drug-likeness (QED) is 0.725. The smallest absolute Gasteiger partial charge is 0.231 e. The number of rotatable bonds is 4. The molecule has 1 fully saturated rings. The molecule has 138 valence electrons. The van der Waals surface area contributed by atoms with Crippen LogP contribution >= 0.6 is 0 Å². The van der Waals surface area contributed by atoms with Gasteiger partial charge in [0.25, 0.3) is 0 Å². The van der Waals surface area contributed by atoms with Crippen LogP contribution in [0.1, 0.15) is 31.0 Å². The maximum Gasteiger partial charge on any atom is 0.231 e. The Kier molecular flexibility index (Phi) is 3.44. The molecule has 1 amide bonds. The van der Waals surface area contributed by atoms with Crippen LogP contribution in [0.5, 0.6) is 11.5 Å². The van der Waals surface area contributed by atoms with E-state index in [-0.39, 0.29) is 30.2 Å². The van der Waals surface area contributed by atoms with Crippen LogP contribution in [0.15, 0.2) is 36.4 Å². The Morgan fingerprint density at radius 3 is 2.81 bits per heavy atom. The molecule has 0 bridgehead atoms. The summed E-state index contributed by atoms with van der Waals surface area (Å²) in [4.78, 5) is 15.7. The average molecular weight is 366 g/mol. The van der Waals surface area contributed by atoms with Crippen LogP contribution < -0.4 is 14.8 Å². The lowest BCUT2D eigenvalue weighted by atomic mass is 10.1. The Bertz CT molecular complexity index is 1070. The molecule has 0 unspecified atom stereocenters. The third-order valence-electron chi connectivity index (χ3n) is 5.43. The van der Waals surface area contributed by atoms with E-state index < -0.39 is 5.82 Å². The number of aromatic nitrogens is 1. The van der Waals surface area contributed by atoms with Crippen molar-refractivity contribution < 1.29 is 18.7 Å². The lowest BCUT2D eigenvalue weighted by molar-refractivity contribution is -0.115. The number of H-pyrrole nitrogens is 1. The van der Waals surface area contributed by atoms with Gasteiger partial charge in [0, 0.05) is 28.1 Å². The first-order valence-electron chi connectivity index (χ1n) is 9.01. The molecule has 0 atom stereocenters. The molecule has 1 aliphatic heterocycles. The minimum atomic E-state index is -0.448. The molecule has 6 heteroatoms. The number of anilines is 1. The van der Waals surface area contributed by atoms with E-state index in [1.807, 2.05) is 0 Å². The fourth-order valence-electron chi connectivity index (χ4n) is 3.46. The molecule has 2 N–H and O–H groups in total. The summed E-state index contributed by atoms with van der Waals surface area (Å²) in [6.45, 7) is 2.38. The second kappa shape index (κ2) is 5.74. The Labute approximate surface area is 155 Å². The topological polar surface area (TPSA) is 63.4 Å². The van der Waals surface area contributed by atoms with Gasteiger partial charge in [-0.2, -0.15) is 0 Å². The predicted octanol–water partition coefficient (Wildman–Crippen LogP) is 4.27. The molecule has 5 rings (SSSR count). The van der Waals surface area contributed by atoms with Gasteiger partial charge in [-0.05, 0) is 42.7 Å². The van der Waals surface area contributed by atoms with Gasteiger partial charge in [0.2, 0.25) is 12.7 Å². The molecule has 5 nitrogen and oxygen atoms in total. The standard InChI is InChI=1S/C21H19FN2O3/c1-21(4-5-21)19-9-13-8-16(14(22)10-15(13)23-19)24-20(25)7-12-2-3-17-18(6-12)27-11-26-17/h2-3,6,8-10,23H,4-5,7,11H2,1H3,(H,24,25). The molecule has 1 aromatic heterocycles. The first-order chi connectivity index (χ1) is 13.0. The largest absolute Gasteiger partial charge is 0.454 e. The summed E-state index contributed by atoms with van der Waals surface area (Å²) in [6.07, 6.45) is 2.41. The van der Waals surface area contributed by atoms with Gasteiger partial charge in [0.15, 0.2) is 11.5 Å². The zero-order valence-electron chi connectivity index (χ0n) is 14.9. The van der Waals surface area contributed by atoms with E-state index >= 15 is 0 Å². The number of fused-ring (bicyclic) bond motifs is 2. The lowest BCUT2D eigenvalue weighted by Crippen LogP contribution is -2.15. The summed E-state index contributed by atoms with van der Waals surface area (Å²) in [6, 6.07) is 10.5. The Morgan fingerprint density at radius 2 is 2.00 bits per heavy atom. The minimum absolute atomic E-state index is 0.130. The Balaban J connectivity index is 1.35. The van der Waals surface area contributed by atoms with E-state index in [2.05, 4.69) is 23.3 Å². The highest BCUT2D eigenvalue weighted by Crippen LogP contribution is 2.47. The fraction of sp³-hybridized carbons (Fsp3) is 0.286. The molecule has 2 heterocycles. The summed E-state index contributed by atoms with van der Waals surface area (Å²) in [7, 11) is 0. The summed E-state index contributed by atoms with van der Waals surface area (Å²) in [5.41, 5.74) is 3.03. The van der Waals surface area contributed by atoms with Crippen molar-refractivity contribution in [3.63, 3.8) is 0 Å². The van der Waals surface area contributed by atoms with Crippen molar-refractivity contribution in [1.29, 1.82) is 0 Å². The molecule has 1 saturated carbocycles. The number of hydrogen-bond acceptors (Lipinski definition) is 3. The van der Waals surface area contributed by atoms with E-state index in [0.29, 0.717) is 11.5 Å². The molecule has 3 aromatic rings. The van der Waals surface area contributed by atoms with Gasteiger partial charge in [-0.25, -0.2) is 4.39 Å². The lowest BCUT2D eigenvalue weighted by Gasteiger charge is -2.07. The molecule has 2 aliphatic rings. The molecule has 1 aliphatic carbocycles. The number of amides is 1. The first kappa shape index (κ1) is 16.2. The molecule has 27 heavy (non-hydrogen) atoms. The third kappa shape index (κ3) is 2.91. The summed E-state index contributed by atoms with van der Waals surface area (Å²) in [5.74, 6) is 0.567. The minimum Gasteiger partial charge on any atom is -0.454 e. The number of halogens is 1. The van der Waals surface area contributed by atoms with Crippen molar-refractivity contribution >= 4 is 22.5 Å². The average Bonchev–Trinajstić information content (AvgIpc) is 3.05. The van der Waals surface area contributed by atoms with Gasteiger partial charge in [-0.15, -0.1) is 0 Å². The second-order valence-electron chi connectivity index (χ2n) is 7.58. The van der Waals surface area contributed by atoms with E-state index in [4.69, 9.17) is 9.47 Å². The monoisotopic (exact) mass is 366 g/mol. The Hall–Kier alpha value is -3.02. The highest BCUT2D eigenvalue weighted by atomic mass is 19.1. The number of aromatic amines is 1. The highest BCUT2D eigenvalue weighted by molar-refractivity contribution is 5.95. The van der Waals surface area contributed by atoms with E-state index in [9.17, 15) is 9.18 Å². The van der Waals surface area contributed by atoms with Crippen molar-refractivity contribution in [2.75, 3.05) is 12.1 Å². The van der Waals surface area contributed by atoms with E-state index in [1.54, 1.807) is 24.3 Å². The zero-order valence-corrected chi connectivity index (χ0v) is 14.9. The van der Waals surface area contributed by atoms with Gasteiger partial charge in [-0.1, -0.05) is 13.0 Å². The van der Waals surface area contributed by atoms with Crippen LogP contribution in [0.25, 0.3) is 10.9 Å². The summed E-state index contributed by atoms with van der Waals surface area (Å²) < 4.78 is 25.0. The molecule has 0 saturated heterocycles. The van der Waals surface area contributed by atoms with E-state index in [1.165, 1.54) is 6.07 Å². The van der Waals surface area contributed by atoms with Crippen LogP contribution in [0.4, 0.5) is 10.1 Å². The molecular weight excluding hydrogens is 347 g/mol. The van der Waals surface area contributed by atoms with E-state index in [0.717, 1.165) is 35.0 Å². The maximum atomic E-state index is 14.4. The number of carbonyl (C=O) groups excluding carboxylic acids is 1. The van der Waals surface area contributed by atoms with Crippen molar-refractivity contribution in [3.8, 4) is 11.5 Å².